The SMILES string of the molecule is Cc1cccc2c(CCNS(=O)(=O)N3CCOCC3C)c[nH]c12. The highest BCUT2D eigenvalue weighted by molar-refractivity contribution is 7.87. The van der Waals surface area contributed by atoms with Crippen LogP contribution in [0.25, 0.3) is 10.9 Å². The number of nitrogens with one attached hydrogen (secondary N) is 2. The third-order valence-corrected chi connectivity index (χ3v) is 6.03. The first-order chi connectivity index (χ1) is 11.0. The number of rotatable bonds is 5. The molecule has 0 spiro atoms. The Kier molecular flexibility index (Phi) is 4.72. The normalized spacial score (nSPS) is 20.2. The van der Waals surface area contributed by atoms with E-state index in [2.05, 4.69) is 28.8 Å². The Morgan fingerprint density at radius 2 is 2.26 bits per heavy atom. The molecular weight excluding hydrogens is 314 g/mol. The second-order valence-electron chi connectivity index (χ2n) is 6.00. The summed E-state index contributed by atoms with van der Waals surface area (Å²) in [6.45, 7) is 5.61. The lowest BCUT2D eigenvalue weighted by molar-refractivity contribution is 0.0387. The van der Waals surface area contributed by atoms with E-state index < -0.39 is 10.2 Å². The number of H-pyrrole nitrogens is 1. The van der Waals surface area contributed by atoms with Gasteiger partial charge in [0.1, 0.15) is 0 Å². The van der Waals surface area contributed by atoms with Crippen molar-refractivity contribution in [2.45, 2.75) is 26.3 Å². The molecule has 1 saturated heterocycles. The molecule has 2 N–H and O–H groups in total. The zero-order valence-corrected chi connectivity index (χ0v) is 14.3. The molecule has 6 nitrogen and oxygen atoms in total. The third-order valence-electron chi connectivity index (χ3n) is 4.30. The summed E-state index contributed by atoms with van der Waals surface area (Å²) in [6.07, 6.45) is 2.62. The molecule has 0 saturated carbocycles. The van der Waals surface area contributed by atoms with Crippen molar-refractivity contribution in [3.63, 3.8) is 0 Å². The first-order valence-electron chi connectivity index (χ1n) is 7.89. The van der Waals surface area contributed by atoms with Crippen molar-refractivity contribution in [1.29, 1.82) is 0 Å². The Balaban J connectivity index is 1.65. The summed E-state index contributed by atoms with van der Waals surface area (Å²) in [4.78, 5) is 3.27. The molecule has 0 amide bonds. The topological polar surface area (TPSA) is 74.4 Å². The van der Waals surface area contributed by atoms with E-state index in [1.807, 2.05) is 19.2 Å². The van der Waals surface area contributed by atoms with Crippen LogP contribution in [0.3, 0.4) is 0 Å². The van der Waals surface area contributed by atoms with Gasteiger partial charge >= 0.3 is 0 Å². The fourth-order valence-corrected chi connectivity index (χ4v) is 4.41. The molecule has 3 rings (SSSR count). The largest absolute Gasteiger partial charge is 0.378 e. The molecule has 1 atom stereocenters. The molecule has 0 radical (unpaired) electrons. The predicted octanol–water partition coefficient (Wildman–Crippen LogP) is 1.57. The van der Waals surface area contributed by atoms with E-state index in [-0.39, 0.29) is 6.04 Å². The minimum Gasteiger partial charge on any atom is -0.378 e. The molecule has 1 fully saturated rings. The Bertz CT molecular complexity index is 785. The van der Waals surface area contributed by atoms with Gasteiger partial charge in [0, 0.05) is 36.2 Å². The lowest BCUT2D eigenvalue weighted by atomic mass is 10.1. The van der Waals surface area contributed by atoms with Crippen LogP contribution in [0, 0.1) is 6.92 Å². The fraction of sp³-hybridized carbons (Fsp3) is 0.500. The minimum absolute atomic E-state index is 0.128. The third kappa shape index (κ3) is 3.42. The molecule has 2 aromatic rings. The van der Waals surface area contributed by atoms with Crippen LogP contribution in [-0.2, 0) is 21.4 Å². The van der Waals surface area contributed by atoms with Gasteiger partial charge in [-0.15, -0.1) is 0 Å². The number of morpholine rings is 1. The first kappa shape index (κ1) is 16.4. The molecule has 0 aliphatic carbocycles. The Morgan fingerprint density at radius 1 is 1.43 bits per heavy atom. The summed E-state index contributed by atoms with van der Waals surface area (Å²) in [5.41, 5.74) is 3.44. The van der Waals surface area contributed by atoms with E-state index in [0.29, 0.717) is 32.7 Å². The summed E-state index contributed by atoms with van der Waals surface area (Å²) in [7, 11) is -3.45. The van der Waals surface area contributed by atoms with Crippen molar-refractivity contribution >= 4 is 21.1 Å². The molecule has 126 valence electrons. The number of aryl methyl sites for hydroxylation is 1. The average Bonchev–Trinajstić information content (AvgIpc) is 2.92. The number of hydrogen-bond donors (Lipinski definition) is 2. The lowest BCUT2D eigenvalue weighted by Gasteiger charge is -2.32. The zero-order valence-electron chi connectivity index (χ0n) is 13.5. The number of ether oxygens (including phenoxy) is 1. The van der Waals surface area contributed by atoms with E-state index >= 15 is 0 Å². The van der Waals surface area contributed by atoms with Crippen LogP contribution in [0.15, 0.2) is 24.4 Å². The van der Waals surface area contributed by atoms with Crippen LogP contribution >= 0.6 is 0 Å². The highest BCUT2D eigenvalue weighted by atomic mass is 32.2. The maximum Gasteiger partial charge on any atom is 0.279 e. The number of hydrogen-bond acceptors (Lipinski definition) is 3. The second kappa shape index (κ2) is 6.60. The van der Waals surface area contributed by atoms with Crippen molar-refractivity contribution in [2.24, 2.45) is 0 Å². The van der Waals surface area contributed by atoms with Crippen molar-refractivity contribution in [2.75, 3.05) is 26.3 Å². The van der Waals surface area contributed by atoms with E-state index in [1.165, 1.54) is 9.87 Å². The van der Waals surface area contributed by atoms with Crippen molar-refractivity contribution < 1.29 is 13.2 Å². The van der Waals surface area contributed by atoms with Gasteiger partial charge in [-0.3, -0.25) is 0 Å². The molecular formula is C16H23N3O3S. The smallest absolute Gasteiger partial charge is 0.279 e. The zero-order chi connectivity index (χ0) is 16.4. The van der Waals surface area contributed by atoms with Crippen LogP contribution < -0.4 is 4.72 Å². The number of aromatic nitrogens is 1. The molecule has 1 aromatic carbocycles. The fourth-order valence-electron chi connectivity index (χ4n) is 3.04. The molecule has 1 aliphatic rings. The average molecular weight is 337 g/mol. The monoisotopic (exact) mass is 337 g/mol. The summed E-state index contributed by atoms with van der Waals surface area (Å²) in [5.74, 6) is 0. The van der Waals surface area contributed by atoms with Crippen molar-refractivity contribution in [3.8, 4) is 0 Å². The number of aromatic amines is 1. The van der Waals surface area contributed by atoms with Gasteiger partial charge in [0.2, 0.25) is 0 Å². The van der Waals surface area contributed by atoms with Gasteiger partial charge in [0.05, 0.1) is 13.2 Å². The van der Waals surface area contributed by atoms with E-state index in [9.17, 15) is 8.42 Å². The minimum atomic E-state index is -3.45. The van der Waals surface area contributed by atoms with Gasteiger partial charge < -0.3 is 9.72 Å². The quantitative estimate of drug-likeness (QED) is 0.870. The number of nitrogens with zero attached hydrogens (tertiary/aromatic N) is 1. The molecule has 7 heteroatoms. The van der Waals surface area contributed by atoms with E-state index in [4.69, 9.17) is 4.74 Å². The Morgan fingerprint density at radius 3 is 3.04 bits per heavy atom. The predicted molar refractivity (Wildman–Crippen MR) is 90.6 cm³/mol. The molecule has 2 heterocycles. The lowest BCUT2D eigenvalue weighted by Crippen LogP contribution is -2.51. The Hall–Kier alpha value is -1.41. The van der Waals surface area contributed by atoms with Gasteiger partial charge in [-0.2, -0.15) is 12.7 Å². The van der Waals surface area contributed by atoms with E-state index in [0.717, 1.165) is 16.5 Å². The maximum absolute atomic E-state index is 12.4. The number of para-hydroxylation sites is 1. The summed E-state index contributed by atoms with van der Waals surface area (Å²) in [6, 6.07) is 6.02. The molecule has 1 aliphatic heterocycles. The summed E-state index contributed by atoms with van der Waals surface area (Å²) >= 11 is 0. The molecule has 1 unspecified atom stereocenters. The summed E-state index contributed by atoms with van der Waals surface area (Å²) in [5, 5.41) is 1.16. The van der Waals surface area contributed by atoms with Gasteiger partial charge in [0.15, 0.2) is 0 Å². The van der Waals surface area contributed by atoms with Crippen LogP contribution in [0.2, 0.25) is 0 Å². The molecule has 23 heavy (non-hydrogen) atoms. The van der Waals surface area contributed by atoms with Gasteiger partial charge in [-0.1, -0.05) is 18.2 Å². The van der Waals surface area contributed by atoms with Crippen molar-refractivity contribution in [3.05, 3.63) is 35.5 Å². The van der Waals surface area contributed by atoms with Crippen LogP contribution in [-0.4, -0.2) is 50.1 Å². The van der Waals surface area contributed by atoms with Crippen molar-refractivity contribution in [1.82, 2.24) is 14.0 Å². The second-order valence-corrected chi connectivity index (χ2v) is 7.70. The highest BCUT2D eigenvalue weighted by Crippen LogP contribution is 2.21. The molecule has 1 aromatic heterocycles. The van der Waals surface area contributed by atoms with Gasteiger partial charge in [0.25, 0.3) is 10.2 Å². The molecule has 0 bridgehead atoms. The first-order valence-corrected chi connectivity index (χ1v) is 9.33. The summed E-state index contributed by atoms with van der Waals surface area (Å²) < 4.78 is 34.3. The number of benzene rings is 1. The maximum atomic E-state index is 12.4. The highest BCUT2D eigenvalue weighted by Gasteiger charge is 2.29. The Labute approximate surface area is 137 Å². The number of fused-ring (bicyclic) bond motifs is 1. The standard InChI is InChI=1S/C16H23N3O3S/c1-12-4-3-5-15-14(10-17-16(12)15)6-7-18-23(20,21)19-8-9-22-11-13(19)2/h3-5,10,13,17-18H,6-9,11H2,1-2H3. The van der Waals surface area contributed by atoms with Crippen LogP contribution in [0.5, 0.6) is 0 Å². The van der Waals surface area contributed by atoms with Crippen LogP contribution in [0.1, 0.15) is 18.1 Å². The van der Waals surface area contributed by atoms with E-state index in [1.54, 1.807) is 0 Å². The van der Waals surface area contributed by atoms with Gasteiger partial charge in [-0.25, -0.2) is 4.72 Å². The van der Waals surface area contributed by atoms with Crippen LogP contribution in [0.4, 0.5) is 0 Å². The van der Waals surface area contributed by atoms with Gasteiger partial charge in [-0.05, 0) is 31.4 Å².